The summed E-state index contributed by atoms with van der Waals surface area (Å²) in [4.78, 5) is 12.4. The van der Waals surface area contributed by atoms with Gasteiger partial charge in [-0.25, -0.2) is 0 Å². The first-order chi connectivity index (χ1) is 10.3. The van der Waals surface area contributed by atoms with Gasteiger partial charge in [0.05, 0.1) is 22.6 Å². The van der Waals surface area contributed by atoms with Gasteiger partial charge in [0.25, 0.3) is 0 Å². The van der Waals surface area contributed by atoms with Gasteiger partial charge < -0.3 is 5.32 Å². The first kappa shape index (κ1) is 16.7. The molecule has 2 rings (SSSR count). The van der Waals surface area contributed by atoms with E-state index in [9.17, 15) is 4.79 Å². The Hall–Kier alpha value is -1.62. The topological polar surface area (TPSA) is 46.9 Å². The predicted octanol–water partition coefficient (Wildman–Crippen LogP) is 4.15. The molecule has 0 radical (unpaired) electrons. The van der Waals surface area contributed by atoms with Crippen LogP contribution in [0.4, 0.5) is 5.69 Å². The zero-order valence-corrected chi connectivity index (χ0v) is 15.3. The average Bonchev–Trinajstić information content (AvgIpc) is 2.70. The van der Waals surface area contributed by atoms with Crippen LogP contribution >= 0.6 is 15.9 Å². The maximum Gasteiger partial charge on any atom is 0.229 e. The molecule has 0 saturated carbocycles. The molecule has 1 amide bonds. The van der Waals surface area contributed by atoms with Crippen molar-refractivity contribution in [3.63, 3.8) is 0 Å². The van der Waals surface area contributed by atoms with Gasteiger partial charge in [-0.15, -0.1) is 0 Å². The maximum atomic E-state index is 12.4. The Morgan fingerprint density at radius 2 is 2.00 bits per heavy atom. The molecule has 1 heterocycles. The number of aromatic nitrogens is 2. The summed E-state index contributed by atoms with van der Waals surface area (Å²) in [5.74, 6) is -0.151. The largest absolute Gasteiger partial charge is 0.326 e. The number of carbonyl (C=O) groups is 1. The number of benzene rings is 1. The van der Waals surface area contributed by atoms with E-state index in [0.29, 0.717) is 6.54 Å². The third-order valence-electron chi connectivity index (χ3n) is 3.84. The number of rotatable bonds is 4. The molecule has 2 aromatic rings. The molecule has 5 heteroatoms. The van der Waals surface area contributed by atoms with E-state index in [1.165, 1.54) is 0 Å². The number of carbonyl (C=O) groups excluding carboxylic acids is 1. The van der Waals surface area contributed by atoms with E-state index in [2.05, 4.69) is 26.3 Å². The molecule has 1 unspecified atom stereocenters. The Morgan fingerprint density at radius 1 is 1.32 bits per heavy atom. The second kappa shape index (κ2) is 6.65. The summed E-state index contributed by atoms with van der Waals surface area (Å²) in [6.07, 6.45) is 0. The van der Waals surface area contributed by atoms with Crippen LogP contribution < -0.4 is 5.32 Å². The van der Waals surface area contributed by atoms with Crippen molar-refractivity contribution < 1.29 is 4.79 Å². The van der Waals surface area contributed by atoms with Crippen molar-refractivity contribution in [3.05, 3.63) is 45.2 Å². The Kier molecular flexibility index (Phi) is 5.06. The molecule has 1 aromatic carbocycles. The highest BCUT2D eigenvalue weighted by molar-refractivity contribution is 9.10. The minimum atomic E-state index is -0.162. The van der Waals surface area contributed by atoms with Crippen molar-refractivity contribution in [3.8, 4) is 0 Å². The van der Waals surface area contributed by atoms with Gasteiger partial charge in [-0.05, 0) is 60.8 Å². The number of halogens is 1. The molecule has 0 spiro atoms. The quantitative estimate of drug-likeness (QED) is 0.886. The summed E-state index contributed by atoms with van der Waals surface area (Å²) >= 11 is 3.51. The van der Waals surface area contributed by atoms with Crippen molar-refractivity contribution in [2.24, 2.45) is 5.92 Å². The minimum absolute atomic E-state index is 0.0115. The van der Waals surface area contributed by atoms with E-state index in [4.69, 9.17) is 0 Å². The molecular weight excluding hydrogens is 342 g/mol. The highest BCUT2D eigenvalue weighted by Gasteiger charge is 2.17. The molecule has 1 atom stereocenters. The molecule has 4 nitrogen and oxygen atoms in total. The van der Waals surface area contributed by atoms with Crippen LogP contribution in [0.2, 0.25) is 0 Å². The highest BCUT2D eigenvalue weighted by Crippen LogP contribution is 2.21. The van der Waals surface area contributed by atoms with Gasteiger partial charge >= 0.3 is 0 Å². The molecule has 0 aliphatic carbocycles. The molecule has 118 valence electrons. The van der Waals surface area contributed by atoms with E-state index in [0.717, 1.165) is 32.7 Å². The number of amides is 1. The molecule has 22 heavy (non-hydrogen) atoms. The van der Waals surface area contributed by atoms with E-state index in [-0.39, 0.29) is 11.8 Å². The fraction of sp³-hybridized carbons (Fsp3) is 0.412. The SMILES string of the molecule is Cc1ccc(C)c(NC(=O)C(C)Cn2nc(C)c(Br)c2C)c1. The van der Waals surface area contributed by atoms with Crippen molar-refractivity contribution in [1.29, 1.82) is 0 Å². The summed E-state index contributed by atoms with van der Waals surface area (Å²) in [6, 6.07) is 6.06. The van der Waals surface area contributed by atoms with Gasteiger partial charge in [0.2, 0.25) is 5.91 Å². The van der Waals surface area contributed by atoms with Gasteiger partial charge in [-0.1, -0.05) is 19.1 Å². The zero-order chi connectivity index (χ0) is 16.4. The van der Waals surface area contributed by atoms with Gasteiger partial charge in [0, 0.05) is 11.4 Å². The average molecular weight is 364 g/mol. The third-order valence-corrected chi connectivity index (χ3v) is 4.99. The standard InChI is InChI=1S/C17H22BrN3O/c1-10-6-7-11(2)15(8-10)19-17(22)12(3)9-21-14(5)16(18)13(4)20-21/h6-8,12H,9H2,1-5H3,(H,19,22). The summed E-state index contributed by atoms with van der Waals surface area (Å²) in [6.45, 7) is 10.5. The Morgan fingerprint density at radius 3 is 2.59 bits per heavy atom. The number of hydrogen-bond acceptors (Lipinski definition) is 2. The van der Waals surface area contributed by atoms with Crippen LogP contribution in [0.3, 0.4) is 0 Å². The van der Waals surface area contributed by atoms with E-state index in [1.54, 1.807) is 0 Å². The highest BCUT2D eigenvalue weighted by atomic mass is 79.9. The number of nitrogens with zero attached hydrogens (tertiary/aromatic N) is 2. The molecule has 0 bridgehead atoms. The van der Waals surface area contributed by atoms with Crippen molar-refractivity contribution in [2.75, 3.05) is 5.32 Å². The van der Waals surface area contributed by atoms with Crippen molar-refractivity contribution >= 4 is 27.5 Å². The second-order valence-corrected chi connectivity index (χ2v) is 6.67. The monoisotopic (exact) mass is 363 g/mol. The number of nitrogens with one attached hydrogen (secondary N) is 1. The van der Waals surface area contributed by atoms with Crippen LogP contribution in [0.25, 0.3) is 0 Å². The third kappa shape index (κ3) is 3.58. The van der Waals surface area contributed by atoms with Crippen LogP contribution in [-0.2, 0) is 11.3 Å². The summed E-state index contributed by atoms with van der Waals surface area (Å²) in [5.41, 5.74) is 5.07. The molecule has 0 fully saturated rings. The summed E-state index contributed by atoms with van der Waals surface area (Å²) in [5, 5.41) is 7.48. The number of hydrogen-bond donors (Lipinski definition) is 1. The van der Waals surface area contributed by atoms with Crippen molar-refractivity contribution in [1.82, 2.24) is 9.78 Å². The predicted molar refractivity (Wildman–Crippen MR) is 93.1 cm³/mol. The smallest absolute Gasteiger partial charge is 0.229 e. The van der Waals surface area contributed by atoms with Gasteiger partial charge in [0.1, 0.15) is 0 Å². The van der Waals surface area contributed by atoms with Gasteiger partial charge in [-0.3, -0.25) is 9.48 Å². The van der Waals surface area contributed by atoms with E-state index >= 15 is 0 Å². The summed E-state index contributed by atoms with van der Waals surface area (Å²) in [7, 11) is 0. The lowest BCUT2D eigenvalue weighted by atomic mass is 10.1. The number of aryl methyl sites for hydroxylation is 3. The summed E-state index contributed by atoms with van der Waals surface area (Å²) < 4.78 is 2.89. The molecule has 1 aromatic heterocycles. The molecular formula is C17H22BrN3O. The van der Waals surface area contributed by atoms with Gasteiger partial charge in [0.15, 0.2) is 0 Å². The Bertz CT molecular complexity index is 706. The first-order valence-electron chi connectivity index (χ1n) is 7.37. The number of anilines is 1. The van der Waals surface area contributed by atoms with Gasteiger partial charge in [-0.2, -0.15) is 5.10 Å². The second-order valence-electron chi connectivity index (χ2n) is 5.88. The molecule has 1 N–H and O–H groups in total. The lowest BCUT2D eigenvalue weighted by Gasteiger charge is -2.15. The van der Waals surface area contributed by atoms with Crippen LogP contribution in [0, 0.1) is 33.6 Å². The minimum Gasteiger partial charge on any atom is -0.326 e. The van der Waals surface area contributed by atoms with E-state index < -0.39 is 0 Å². The lowest BCUT2D eigenvalue weighted by molar-refractivity contribution is -0.119. The van der Waals surface area contributed by atoms with Crippen LogP contribution in [0.15, 0.2) is 22.7 Å². The molecule has 0 saturated heterocycles. The Balaban J connectivity index is 2.09. The van der Waals surface area contributed by atoms with Crippen molar-refractivity contribution in [2.45, 2.75) is 41.2 Å². The van der Waals surface area contributed by atoms with Crippen LogP contribution in [0.5, 0.6) is 0 Å². The lowest BCUT2D eigenvalue weighted by Crippen LogP contribution is -2.25. The zero-order valence-electron chi connectivity index (χ0n) is 13.7. The fourth-order valence-electron chi connectivity index (χ4n) is 2.32. The fourth-order valence-corrected chi connectivity index (χ4v) is 2.61. The molecule has 0 aliphatic heterocycles. The Labute approximate surface area is 140 Å². The normalized spacial score (nSPS) is 12.3. The van der Waals surface area contributed by atoms with Crippen LogP contribution in [0.1, 0.15) is 29.4 Å². The maximum absolute atomic E-state index is 12.4. The molecule has 0 aliphatic rings. The van der Waals surface area contributed by atoms with Crippen LogP contribution in [-0.4, -0.2) is 15.7 Å². The first-order valence-corrected chi connectivity index (χ1v) is 8.16. The van der Waals surface area contributed by atoms with E-state index in [1.807, 2.05) is 57.5 Å².